The SMILES string of the molecule is [C-]#[N+]/C(C#N)=C1/C(=Cc2cc3sc4c(c3s2)C(c2ccc(CCCCCC)cc2)(c2ccc(CCCCCC)cc2)c2cc3c(cc2-4)C(c2ccc(CCCCCC)cc2)(c2ccc(CCCCCC)cc2)c2c-3sc3cc(C=C4C(=O)c5c(C)csc5/C4=C(\C)[N+]#[C-])sc23)C(=O)c2c(C)csc21. The van der Waals surface area contributed by atoms with E-state index in [1.807, 2.05) is 60.3 Å². The van der Waals surface area contributed by atoms with Crippen molar-refractivity contribution >= 4 is 122 Å². The van der Waals surface area contributed by atoms with Gasteiger partial charge in [-0.05, 0) is 197 Å². The highest BCUT2D eigenvalue weighted by atomic mass is 32.1. The van der Waals surface area contributed by atoms with E-state index < -0.39 is 10.8 Å². The van der Waals surface area contributed by atoms with Crippen LogP contribution in [-0.2, 0) is 36.5 Å². The Morgan fingerprint density at radius 1 is 0.456 bits per heavy atom. The van der Waals surface area contributed by atoms with Crippen LogP contribution in [0, 0.1) is 38.3 Å². The summed E-state index contributed by atoms with van der Waals surface area (Å²) in [7, 11) is 0. The molecular weight excluding hydrogens is 1370 g/mol. The molecule has 0 amide bonds. The molecule has 6 aromatic heterocycles. The van der Waals surface area contributed by atoms with Gasteiger partial charge in [0.15, 0.2) is 17.3 Å². The highest BCUT2D eigenvalue weighted by molar-refractivity contribution is 7.31. The van der Waals surface area contributed by atoms with Gasteiger partial charge in [-0.2, -0.15) is 0 Å². The molecule has 0 atom stereocenters. The topological polar surface area (TPSA) is 66.7 Å². The number of aryl methyl sites for hydroxylation is 6. The Kier molecular flexibility index (Phi) is 20.2. The molecule has 516 valence electrons. The first-order valence-corrected chi connectivity index (χ1v) is 42.4. The minimum atomic E-state index is -0.802. The second-order valence-corrected chi connectivity index (χ2v) is 34.8. The molecule has 5 nitrogen and oxygen atoms in total. The van der Waals surface area contributed by atoms with Gasteiger partial charge in [-0.1, -0.05) is 202 Å². The normalized spacial score (nSPS) is 16.2. The zero-order chi connectivity index (χ0) is 71.3. The highest BCUT2D eigenvalue weighted by Gasteiger charge is 2.55. The molecule has 0 saturated heterocycles. The summed E-state index contributed by atoms with van der Waals surface area (Å²) in [4.78, 5) is 43.2. The fraction of sp³-hybridized carbons (Fsp3) is 0.315. The molecule has 0 radical (unpaired) electrons. The molecule has 0 N–H and O–H groups in total. The number of hydrogen-bond acceptors (Lipinski definition) is 9. The van der Waals surface area contributed by atoms with Crippen LogP contribution >= 0.6 is 68.0 Å². The number of allylic oxidation sites excluding steroid dienone is 6. The van der Waals surface area contributed by atoms with Crippen LogP contribution in [0.3, 0.4) is 0 Å². The Morgan fingerprint density at radius 2 is 0.806 bits per heavy atom. The minimum Gasteiger partial charge on any atom is -0.289 e. The summed E-state index contributed by atoms with van der Waals surface area (Å²) in [5, 5.41) is 14.5. The standard InChI is InChI=1S/C92H85N3O2S6/c1-10-14-18-22-26-58-30-38-62(39-31-58)91(63-40-32-59(33-41-63)27-23-19-15-11-2)72-51-69-73(50-68(72)85-81(91)87-75(102-85)48-66(100-87)46-70-79(57(7)94-8)89-77(83(70)96)55(5)53-98-89)92(64-42-34-60(35-43-64)28-24-20-16-12-3,65-44-36-61(37-45-65)29-25-21-17-13-4)82-86(69)103-76-49-67(101-88(76)82)47-71-80(74(52-93)95-9)90-78(84(71)97)56(6)54-99-90/h30-51,53-54H,10-29H2,1-7H3/b70-46?,71-47?,79-57+,80-74-. The molecule has 0 bridgehead atoms. The smallest absolute Gasteiger partial charge is 0.271 e. The Hall–Kier alpha value is -8.41. The highest BCUT2D eigenvalue weighted by Crippen LogP contribution is 2.68. The molecule has 0 fully saturated rings. The van der Waals surface area contributed by atoms with Crippen LogP contribution in [0.25, 0.3) is 72.7 Å². The maximum atomic E-state index is 14.7. The lowest BCUT2D eigenvalue weighted by Crippen LogP contribution is -2.30. The zero-order valence-corrected chi connectivity index (χ0v) is 65.0. The lowest BCUT2D eigenvalue weighted by Gasteiger charge is -2.36. The van der Waals surface area contributed by atoms with Crippen LogP contribution in [0.5, 0.6) is 0 Å². The number of hydrogen-bond donors (Lipinski definition) is 0. The number of ketones is 2. The summed E-state index contributed by atoms with van der Waals surface area (Å²) in [6.45, 7) is 31.3. The molecular formula is C92H85N3O2S6. The number of thiophene rings is 6. The summed E-state index contributed by atoms with van der Waals surface area (Å²) in [6, 6.07) is 50.9. The van der Waals surface area contributed by atoms with Crippen molar-refractivity contribution in [1.29, 1.82) is 5.26 Å². The van der Waals surface area contributed by atoms with Crippen LogP contribution in [0.2, 0.25) is 0 Å². The predicted octanol–water partition coefficient (Wildman–Crippen LogP) is 27.6. The van der Waals surface area contributed by atoms with Crippen molar-refractivity contribution in [3.63, 3.8) is 0 Å². The third kappa shape index (κ3) is 12.0. The average molecular weight is 1460 g/mol. The monoisotopic (exact) mass is 1460 g/mol. The van der Waals surface area contributed by atoms with Gasteiger partial charge in [0.25, 0.3) is 5.70 Å². The summed E-state index contributed by atoms with van der Waals surface area (Å²) >= 11 is 10.2. The van der Waals surface area contributed by atoms with Gasteiger partial charge in [0, 0.05) is 83.2 Å². The number of unbranched alkanes of at least 4 members (excludes halogenated alkanes) is 12. The zero-order valence-electron chi connectivity index (χ0n) is 60.1. The van der Waals surface area contributed by atoms with Crippen molar-refractivity contribution in [3.05, 3.63) is 286 Å². The number of carbonyl (C=O) groups excluding carboxylic acids is 2. The van der Waals surface area contributed by atoms with E-state index in [0.717, 1.165) is 93.0 Å². The van der Waals surface area contributed by atoms with Gasteiger partial charge in [0.05, 0.1) is 39.4 Å². The van der Waals surface area contributed by atoms with Crippen LogP contribution in [-0.4, -0.2) is 11.6 Å². The molecule has 4 aliphatic rings. The predicted molar refractivity (Wildman–Crippen MR) is 440 cm³/mol. The number of carbonyl (C=O) groups is 2. The summed E-state index contributed by atoms with van der Waals surface area (Å²) in [5.74, 6) is -0.139. The Balaban J connectivity index is 1.01. The van der Waals surface area contributed by atoms with Gasteiger partial charge in [-0.3, -0.25) is 9.59 Å². The molecule has 0 unspecified atom stereocenters. The molecule has 15 rings (SSSR count). The molecule has 0 spiro atoms. The second kappa shape index (κ2) is 29.6. The third-order valence-electron chi connectivity index (χ3n) is 22.2. The lowest BCUT2D eigenvalue weighted by atomic mass is 9.65. The lowest BCUT2D eigenvalue weighted by molar-refractivity contribution is 0.103. The van der Waals surface area contributed by atoms with E-state index in [9.17, 15) is 14.9 Å². The van der Waals surface area contributed by atoms with Gasteiger partial charge in [-0.15, -0.1) is 68.0 Å². The van der Waals surface area contributed by atoms with Gasteiger partial charge >= 0.3 is 0 Å². The van der Waals surface area contributed by atoms with Gasteiger partial charge < -0.3 is 0 Å². The van der Waals surface area contributed by atoms with E-state index >= 15 is 0 Å². The molecule has 103 heavy (non-hydrogen) atoms. The molecule has 0 saturated carbocycles. The van der Waals surface area contributed by atoms with Crippen molar-refractivity contribution in [2.24, 2.45) is 0 Å². The Morgan fingerprint density at radius 3 is 1.14 bits per heavy atom. The molecule has 4 aliphatic carbocycles. The van der Waals surface area contributed by atoms with E-state index in [1.165, 1.54) is 190 Å². The fourth-order valence-corrected chi connectivity index (χ4v) is 24.8. The summed E-state index contributed by atoms with van der Waals surface area (Å²) < 4.78 is 4.71. The van der Waals surface area contributed by atoms with Crippen molar-refractivity contribution < 1.29 is 9.59 Å². The first kappa shape index (κ1) is 70.3. The number of nitriles is 1. The second-order valence-electron chi connectivity index (χ2n) is 28.8. The van der Waals surface area contributed by atoms with E-state index in [4.69, 9.17) is 13.1 Å². The number of nitrogens with zero attached hydrogens (tertiary/aromatic N) is 3. The number of rotatable bonds is 26. The Bertz CT molecular complexity index is 5300. The van der Waals surface area contributed by atoms with Crippen LogP contribution in [0.15, 0.2) is 155 Å². The third-order valence-corrected chi connectivity index (χ3v) is 29.3. The van der Waals surface area contributed by atoms with E-state index in [-0.39, 0.29) is 17.3 Å². The fourth-order valence-electron chi connectivity index (χ4n) is 17.0. The van der Waals surface area contributed by atoms with Crippen molar-refractivity contribution in [3.8, 4) is 27.0 Å². The number of benzene rings is 5. The molecule has 0 aliphatic heterocycles. The summed E-state index contributed by atoms with van der Waals surface area (Å²) in [5.41, 5.74) is 22.1. The van der Waals surface area contributed by atoms with Crippen molar-refractivity contribution in [2.75, 3.05) is 0 Å². The van der Waals surface area contributed by atoms with Gasteiger partial charge in [0.2, 0.25) is 0 Å². The molecule has 11 aromatic rings. The minimum absolute atomic E-state index is 0.00413. The molecule has 11 heteroatoms. The maximum absolute atomic E-state index is 14.7. The van der Waals surface area contributed by atoms with Crippen LogP contribution < -0.4 is 0 Å². The van der Waals surface area contributed by atoms with E-state index in [1.54, 1.807) is 34.0 Å². The van der Waals surface area contributed by atoms with Crippen molar-refractivity contribution in [2.45, 2.75) is 188 Å². The van der Waals surface area contributed by atoms with Crippen molar-refractivity contribution in [1.82, 2.24) is 0 Å². The number of Topliss-reactive ketones (excluding diaryl/α,β-unsaturated/α-hetero) is 2. The van der Waals surface area contributed by atoms with Gasteiger partial charge in [-0.25, -0.2) is 15.0 Å². The average Bonchev–Trinajstić information content (AvgIpc) is 1.49. The first-order valence-electron chi connectivity index (χ1n) is 37.4. The van der Waals surface area contributed by atoms with E-state index in [0.29, 0.717) is 32.9 Å². The number of fused-ring (bicyclic) bond motifs is 12. The van der Waals surface area contributed by atoms with E-state index in [2.05, 4.69) is 171 Å². The largest absolute Gasteiger partial charge is 0.289 e. The van der Waals surface area contributed by atoms with Crippen LogP contribution in [0.1, 0.15) is 255 Å². The quantitative estimate of drug-likeness (QED) is 0.0235. The first-order chi connectivity index (χ1) is 50.3. The summed E-state index contributed by atoms with van der Waals surface area (Å²) in [6.07, 6.45) is 27.3. The van der Waals surface area contributed by atoms with Crippen LogP contribution in [0.4, 0.5) is 0 Å². The molecule has 5 aromatic carbocycles. The maximum Gasteiger partial charge on any atom is 0.271 e. The molecule has 6 heterocycles. The Labute approximate surface area is 632 Å². The van der Waals surface area contributed by atoms with Gasteiger partial charge in [0.1, 0.15) is 0 Å².